The second-order valence-corrected chi connectivity index (χ2v) is 3.56. The van der Waals surface area contributed by atoms with Gasteiger partial charge in [-0.3, -0.25) is 0 Å². The van der Waals surface area contributed by atoms with Crippen molar-refractivity contribution < 1.29 is 17.9 Å². The first-order chi connectivity index (χ1) is 8.41. The molecule has 2 aromatic rings. The lowest BCUT2D eigenvalue weighted by Crippen LogP contribution is -2.13. The van der Waals surface area contributed by atoms with E-state index in [-0.39, 0.29) is 11.5 Å². The molecule has 4 nitrogen and oxygen atoms in total. The van der Waals surface area contributed by atoms with Gasteiger partial charge in [-0.1, -0.05) is 0 Å². The number of rotatable bonds is 2. The highest BCUT2D eigenvalue weighted by atomic mass is 19.4. The van der Waals surface area contributed by atoms with Gasteiger partial charge in [0, 0.05) is 6.07 Å². The molecule has 0 unspecified atom stereocenters. The van der Waals surface area contributed by atoms with E-state index in [9.17, 15) is 13.2 Å². The van der Waals surface area contributed by atoms with Crippen LogP contribution >= 0.6 is 0 Å². The molecule has 1 aromatic carbocycles. The molecule has 0 amide bonds. The molecule has 2 rings (SSSR count). The summed E-state index contributed by atoms with van der Waals surface area (Å²) in [5.41, 5.74) is 4.66. The van der Waals surface area contributed by atoms with E-state index < -0.39 is 11.9 Å². The topological polar surface area (TPSA) is 53.1 Å². The molecule has 0 aliphatic heterocycles. The van der Waals surface area contributed by atoms with Crippen LogP contribution in [0.2, 0.25) is 0 Å². The van der Waals surface area contributed by atoms with Crippen LogP contribution in [0.1, 0.15) is 5.69 Å². The molecule has 0 aliphatic rings. The van der Waals surface area contributed by atoms with Crippen molar-refractivity contribution in [3.63, 3.8) is 0 Å². The van der Waals surface area contributed by atoms with Crippen LogP contribution in [0.4, 0.5) is 19.0 Å². The summed E-state index contributed by atoms with van der Waals surface area (Å²) in [7, 11) is 1.47. The molecular weight excluding hydrogens is 247 g/mol. The van der Waals surface area contributed by atoms with Crippen molar-refractivity contribution in [3.05, 3.63) is 36.0 Å². The number of nitrogens with zero attached hydrogens (tertiary/aromatic N) is 2. The van der Waals surface area contributed by atoms with Gasteiger partial charge in [0.2, 0.25) is 0 Å². The molecule has 0 bridgehead atoms. The van der Waals surface area contributed by atoms with E-state index >= 15 is 0 Å². The van der Waals surface area contributed by atoms with Gasteiger partial charge in [-0.2, -0.15) is 18.3 Å². The number of anilines is 1. The molecule has 1 heterocycles. The maximum atomic E-state index is 12.8. The highest BCUT2D eigenvalue weighted by Crippen LogP contribution is 2.32. The molecule has 0 saturated carbocycles. The third-order valence-corrected chi connectivity index (χ3v) is 2.34. The first-order valence-corrected chi connectivity index (χ1v) is 4.99. The number of benzene rings is 1. The van der Waals surface area contributed by atoms with Gasteiger partial charge in [-0.25, -0.2) is 4.68 Å². The Kier molecular flexibility index (Phi) is 2.90. The molecule has 0 radical (unpaired) electrons. The average molecular weight is 257 g/mol. The molecule has 0 fully saturated rings. The Morgan fingerprint density at radius 2 is 1.83 bits per heavy atom. The molecule has 0 saturated heterocycles. The summed E-state index contributed by atoms with van der Waals surface area (Å²) in [6.45, 7) is 0. The Balaban J connectivity index is 2.49. The highest BCUT2D eigenvalue weighted by Gasteiger charge is 2.36. The summed E-state index contributed by atoms with van der Waals surface area (Å²) in [5, 5.41) is 3.64. The molecule has 7 heteroatoms. The first kappa shape index (κ1) is 12.3. The van der Waals surface area contributed by atoms with Crippen molar-refractivity contribution in [3.8, 4) is 11.4 Å². The van der Waals surface area contributed by atoms with Crippen LogP contribution < -0.4 is 10.5 Å². The number of nitrogens with two attached hydrogens (primary N) is 1. The smallest absolute Gasteiger partial charge is 0.433 e. The van der Waals surface area contributed by atoms with Crippen LogP contribution in [0.5, 0.6) is 5.75 Å². The lowest BCUT2D eigenvalue weighted by molar-refractivity contribution is -0.142. The van der Waals surface area contributed by atoms with Crippen LogP contribution in [0.25, 0.3) is 5.69 Å². The van der Waals surface area contributed by atoms with E-state index in [2.05, 4.69) is 5.10 Å². The van der Waals surface area contributed by atoms with Crippen molar-refractivity contribution in [2.24, 2.45) is 0 Å². The van der Waals surface area contributed by atoms with Gasteiger partial charge in [-0.05, 0) is 24.3 Å². The number of methoxy groups -OCH3 is 1. The van der Waals surface area contributed by atoms with E-state index in [1.165, 1.54) is 19.2 Å². The number of alkyl halides is 3. The lowest BCUT2D eigenvalue weighted by Gasteiger charge is -2.10. The minimum atomic E-state index is -4.51. The fraction of sp³-hybridized carbons (Fsp3) is 0.182. The number of halogens is 3. The van der Waals surface area contributed by atoms with E-state index in [0.717, 1.165) is 10.7 Å². The van der Waals surface area contributed by atoms with Crippen molar-refractivity contribution in [2.75, 3.05) is 12.8 Å². The quantitative estimate of drug-likeness (QED) is 0.899. The molecule has 1 aromatic heterocycles. The van der Waals surface area contributed by atoms with E-state index in [1.54, 1.807) is 12.1 Å². The summed E-state index contributed by atoms with van der Waals surface area (Å²) in [6.07, 6.45) is -4.51. The molecule has 18 heavy (non-hydrogen) atoms. The van der Waals surface area contributed by atoms with Gasteiger partial charge in [0.05, 0.1) is 12.8 Å². The standard InChI is InChI=1S/C11H10F3N3O/c1-18-8-4-2-7(3-5-8)17-9(11(12,13)14)6-10(15)16-17/h2-6H,1H3,(H2,15,16). The number of nitrogen functional groups attached to an aromatic ring is 1. The molecule has 96 valence electrons. The Hall–Kier alpha value is -2.18. The zero-order valence-electron chi connectivity index (χ0n) is 9.40. The average Bonchev–Trinajstić information content (AvgIpc) is 2.71. The largest absolute Gasteiger partial charge is 0.497 e. The van der Waals surface area contributed by atoms with E-state index in [1.807, 2.05) is 0 Å². The summed E-state index contributed by atoms with van der Waals surface area (Å²) in [4.78, 5) is 0. The van der Waals surface area contributed by atoms with Gasteiger partial charge in [0.25, 0.3) is 0 Å². The first-order valence-electron chi connectivity index (χ1n) is 4.99. The third kappa shape index (κ3) is 2.24. The molecular formula is C11H10F3N3O. The van der Waals surface area contributed by atoms with Crippen molar-refractivity contribution >= 4 is 5.82 Å². The Morgan fingerprint density at radius 3 is 2.33 bits per heavy atom. The predicted molar refractivity (Wildman–Crippen MR) is 59.5 cm³/mol. The normalized spacial score (nSPS) is 11.6. The van der Waals surface area contributed by atoms with Gasteiger partial charge >= 0.3 is 6.18 Å². The van der Waals surface area contributed by atoms with Gasteiger partial charge < -0.3 is 10.5 Å². The van der Waals surface area contributed by atoms with Crippen molar-refractivity contribution in [1.29, 1.82) is 0 Å². The third-order valence-electron chi connectivity index (χ3n) is 2.34. The van der Waals surface area contributed by atoms with Crippen LogP contribution in [0.15, 0.2) is 30.3 Å². The molecule has 0 atom stereocenters. The summed E-state index contributed by atoms with van der Waals surface area (Å²) in [6, 6.07) is 6.84. The minimum Gasteiger partial charge on any atom is -0.497 e. The van der Waals surface area contributed by atoms with Crippen molar-refractivity contribution in [1.82, 2.24) is 9.78 Å². The van der Waals surface area contributed by atoms with Crippen molar-refractivity contribution in [2.45, 2.75) is 6.18 Å². The Morgan fingerprint density at radius 1 is 1.22 bits per heavy atom. The van der Waals surface area contributed by atoms with Crippen LogP contribution in [0.3, 0.4) is 0 Å². The summed E-state index contributed by atoms with van der Waals surface area (Å²) >= 11 is 0. The van der Waals surface area contributed by atoms with Crippen LogP contribution in [-0.4, -0.2) is 16.9 Å². The van der Waals surface area contributed by atoms with E-state index in [0.29, 0.717) is 5.75 Å². The van der Waals surface area contributed by atoms with E-state index in [4.69, 9.17) is 10.5 Å². The second-order valence-electron chi connectivity index (χ2n) is 3.56. The number of hydrogen-bond donors (Lipinski definition) is 1. The number of hydrogen-bond acceptors (Lipinski definition) is 3. The van der Waals surface area contributed by atoms with Gasteiger partial charge in [0.1, 0.15) is 17.3 Å². The lowest BCUT2D eigenvalue weighted by atomic mass is 10.3. The molecule has 2 N–H and O–H groups in total. The fourth-order valence-electron chi connectivity index (χ4n) is 1.52. The number of aromatic nitrogens is 2. The fourth-order valence-corrected chi connectivity index (χ4v) is 1.52. The Bertz CT molecular complexity index is 546. The van der Waals surface area contributed by atoms with Crippen LogP contribution in [0, 0.1) is 0 Å². The monoisotopic (exact) mass is 257 g/mol. The maximum Gasteiger partial charge on any atom is 0.433 e. The summed E-state index contributed by atoms with van der Waals surface area (Å²) < 4.78 is 43.9. The predicted octanol–water partition coefficient (Wildman–Crippen LogP) is 2.48. The molecule has 0 aliphatic carbocycles. The van der Waals surface area contributed by atoms with Gasteiger partial charge in [0.15, 0.2) is 0 Å². The van der Waals surface area contributed by atoms with Gasteiger partial charge in [-0.15, -0.1) is 0 Å². The number of ether oxygens (including phenoxy) is 1. The summed E-state index contributed by atoms with van der Waals surface area (Å²) in [5.74, 6) is 0.366. The zero-order valence-corrected chi connectivity index (χ0v) is 9.40. The zero-order chi connectivity index (χ0) is 13.3. The highest BCUT2D eigenvalue weighted by molar-refractivity contribution is 5.42. The Labute approximate surface area is 101 Å². The maximum absolute atomic E-state index is 12.8. The second kappa shape index (κ2) is 4.25. The SMILES string of the molecule is COc1ccc(-n2nc(N)cc2C(F)(F)F)cc1. The minimum absolute atomic E-state index is 0.182. The molecule has 0 spiro atoms. The van der Waals surface area contributed by atoms with Crippen LogP contribution in [-0.2, 0) is 6.18 Å².